The van der Waals surface area contributed by atoms with Gasteiger partial charge in [0.25, 0.3) is 0 Å². The number of nitrogens with two attached hydrogens (primary N) is 1. The number of nitrogen functional groups attached to an aromatic ring is 1. The van der Waals surface area contributed by atoms with Crippen molar-refractivity contribution in [2.24, 2.45) is 0 Å². The van der Waals surface area contributed by atoms with Crippen molar-refractivity contribution < 1.29 is 14.9 Å². The molecule has 1 unspecified atom stereocenters. The number of hydrogen-bond donors (Lipinski definition) is 3. The smallest absolute Gasteiger partial charge is 0.170 e. The molecule has 3 aromatic rings. The van der Waals surface area contributed by atoms with Crippen molar-refractivity contribution in [1.29, 1.82) is 0 Å². The molecular formula is C16H18ClN5O3S. The number of fused-ring (bicyclic) bond motifs is 1. The number of nitrogens with zero attached hydrogens (tertiary/aromatic N) is 4. The zero-order chi connectivity index (χ0) is 18.5. The van der Waals surface area contributed by atoms with Crippen molar-refractivity contribution in [1.82, 2.24) is 19.5 Å². The Bertz CT molecular complexity index is 874. The van der Waals surface area contributed by atoms with Crippen LogP contribution in [-0.2, 0) is 6.54 Å². The van der Waals surface area contributed by atoms with Crippen LogP contribution in [0.2, 0.25) is 5.02 Å². The second-order valence-corrected chi connectivity index (χ2v) is 6.92. The monoisotopic (exact) mass is 395 g/mol. The van der Waals surface area contributed by atoms with Crippen molar-refractivity contribution >= 4 is 40.3 Å². The van der Waals surface area contributed by atoms with Gasteiger partial charge in [-0.05, 0) is 24.3 Å². The first kappa shape index (κ1) is 18.7. The number of rotatable bonds is 8. The third kappa shape index (κ3) is 4.36. The number of benzene rings is 1. The Hall–Kier alpha value is -2.07. The summed E-state index contributed by atoms with van der Waals surface area (Å²) in [5, 5.41) is 20.2. The number of halogens is 1. The molecule has 0 aliphatic carbocycles. The summed E-state index contributed by atoms with van der Waals surface area (Å²) in [5.41, 5.74) is 6.85. The molecule has 0 bridgehead atoms. The third-order valence-electron chi connectivity index (χ3n) is 3.53. The Morgan fingerprint density at radius 1 is 1.27 bits per heavy atom. The van der Waals surface area contributed by atoms with Gasteiger partial charge in [-0.2, -0.15) is 0 Å². The van der Waals surface area contributed by atoms with E-state index in [4.69, 9.17) is 27.2 Å². The molecule has 3 rings (SSSR count). The fraction of sp³-hybridized carbons (Fsp3) is 0.312. The molecule has 0 saturated heterocycles. The number of aromatic nitrogens is 4. The van der Waals surface area contributed by atoms with Gasteiger partial charge in [0, 0.05) is 10.8 Å². The molecule has 10 heteroatoms. The highest BCUT2D eigenvalue weighted by Gasteiger charge is 2.17. The van der Waals surface area contributed by atoms with E-state index >= 15 is 0 Å². The van der Waals surface area contributed by atoms with Gasteiger partial charge in [-0.1, -0.05) is 23.4 Å². The van der Waals surface area contributed by atoms with Gasteiger partial charge in [0.2, 0.25) is 0 Å². The van der Waals surface area contributed by atoms with Crippen LogP contribution in [0.4, 0.5) is 5.82 Å². The third-order valence-corrected chi connectivity index (χ3v) is 4.72. The first-order valence-corrected chi connectivity index (χ1v) is 9.21. The summed E-state index contributed by atoms with van der Waals surface area (Å²) in [6, 6.07) is 7.13. The Morgan fingerprint density at radius 2 is 2.04 bits per heavy atom. The van der Waals surface area contributed by atoms with E-state index in [0.717, 1.165) is 5.75 Å². The summed E-state index contributed by atoms with van der Waals surface area (Å²) in [7, 11) is 0. The van der Waals surface area contributed by atoms with E-state index in [9.17, 15) is 5.11 Å². The highest BCUT2D eigenvalue weighted by atomic mass is 35.5. The fourth-order valence-electron chi connectivity index (χ4n) is 2.30. The molecule has 138 valence electrons. The van der Waals surface area contributed by atoms with Crippen LogP contribution < -0.4 is 10.5 Å². The number of aliphatic hydroxyl groups is 2. The first-order valence-electron chi connectivity index (χ1n) is 7.85. The minimum absolute atomic E-state index is 0.157. The summed E-state index contributed by atoms with van der Waals surface area (Å²) in [4.78, 5) is 12.6. The van der Waals surface area contributed by atoms with Crippen LogP contribution >= 0.6 is 23.4 Å². The molecule has 2 heterocycles. The van der Waals surface area contributed by atoms with Crippen molar-refractivity contribution in [3.8, 4) is 5.75 Å². The van der Waals surface area contributed by atoms with Gasteiger partial charge in [-0.3, -0.25) is 0 Å². The largest absolute Gasteiger partial charge is 0.493 e. The molecule has 26 heavy (non-hydrogen) atoms. The number of aliphatic hydroxyl groups excluding tert-OH is 2. The van der Waals surface area contributed by atoms with Crippen LogP contribution in [0.15, 0.2) is 35.7 Å². The lowest BCUT2D eigenvalue weighted by Gasteiger charge is -2.12. The lowest BCUT2D eigenvalue weighted by atomic mass is 10.3. The minimum atomic E-state index is -0.923. The zero-order valence-corrected chi connectivity index (χ0v) is 15.3. The van der Waals surface area contributed by atoms with Crippen molar-refractivity contribution in [2.75, 3.05) is 24.7 Å². The summed E-state index contributed by atoms with van der Waals surface area (Å²) >= 11 is 7.29. The molecule has 4 N–H and O–H groups in total. The summed E-state index contributed by atoms with van der Waals surface area (Å²) in [6.45, 7) is 0.257. The Labute approximate surface area is 159 Å². The predicted octanol–water partition coefficient (Wildman–Crippen LogP) is 1.59. The molecule has 0 saturated carbocycles. The number of anilines is 1. The number of ether oxygens (including phenoxy) is 1. The first-order chi connectivity index (χ1) is 12.6. The molecule has 0 aliphatic heterocycles. The Kier molecular flexibility index (Phi) is 6.15. The van der Waals surface area contributed by atoms with Crippen LogP contribution in [0.3, 0.4) is 0 Å². The predicted molar refractivity (Wildman–Crippen MR) is 100 cm³/mol. The Morgan fingerprint density at radius 3 is 2.77 bits per heavy atom. The topological polar surface area (TPSA) is 119 Å². The maximum absolute atomic E-state index is 9.81. The molecule has 0 spiro atoms. The van der Waals surface area contributed by atoms with Gasteiger partial charge in [0.05, 0.1) is 25.9 Å². The number of thioether (sulfide) groups is 1. The molecule has 0 aliphatic rings. The van der Waals surface area contributed by atoms with E-state index in [0.29, 0.717) is 33.7 Å². The van der Waals surface area contributed by atoms with Crippen molar-refractivity contribution in [2.45, 2.75) is 17.8 Å². The van der Waals surface area contributed by atoms with Gasteiger partial charge >= 0.3 is 0 Å². The summed E-state index contributed by atoms with van der Waals surface area (Å²) in [6.07, 6.45) is 0.424. The van der Waals surface area contributed by atoms with Gasteiger partial charge in [-0.25, -0.2) is 15.0 Å². The van der Waals surface area contributed by atoms with E-state index in [2.05, 4.69) is 15.0 Å². The SMILES string of the molecule is Nc1ncnc2c1nc(SCCOc1ccc(Cl)cc1)n2CC(O)CO. The lowest BCUT2D eigenvalue weighted by Crippen LogP contribution is -2.20. The van der Waals surface area contributed by atoms with E-state index in [-0.39, 0.29) is 19.0 Å². The van der Waals surface area contributed by atoms with Gasteiger partial charge in [0.15, 0.2) is 22.1 Å². The average molecular weight is 396 g/mol. The van der Waals surface area contributed by atoms with Crippen molar-refractivity contribution in [3.05, 3.63) is 35.6 Å². The molecule has 8 nitrogen and oxygen atoms in total. The zero-order valence-electron chi connectivity index (χ0n) is 13.7. The highest BCUT2D eigenvalue weighted by Crippen LogP contribution is 2.25. The fourth-order valence-corrected chi connectivity index (χ4v) is 3.25. The van der Waals surface area contributed by atoms with E-state index < -0.39 is 6.10 Å². The van der Waals surface area contributed by atoms with E-state index in [1.54, 1.807) is 28.8 Å². The minimum Gasteiger partial charge on any atom is -0.493 e. The van der Waals surface area contributed by atoms with Gasteiger partial charge in [0.1, 0.15) is 12.1 Å². The number of hydrogen-bond acceptors (Lipinski definition) is 8. The normalized spacial score (nSPS) is 12.4. The summed E-state index contributed by atoms with van der Waals surface area (Å²) < 4.78 is 7.39. The van der Waals surface area contributed by atoms with E-state index in [1.807, 2.05) is 0 Å². The quantitative estimate of drug-likeness (QED) is 0.388. The molecule has 1 atom stereocenters. The maximum Gasteiger partial charge on any atom is 0.170 e. The number of imidazole rings is 1. The second kappa shape index (κ2) is 8.54. The van der Waals surface area contributed by atoms with Crippen LogP contribution in [-0.4, -0.2) is 54.8 Å². The van der Waals surface area contributed by atoms with Crippen LogP contribution in [0.25, 0.3) is 11.2 Å². The van der Waals surface area contributed by atoms with Crippen molar-refractivity contribution in [3.63, 3.8) is 0 Å². The van der Waals surface area contributed by atoms with Crippen LogP contribution in [0, 0.1) is 0 Å². The van der Waals surface area contributed by atoms with E-state index in [1.165, 1.54) is 18.1 Å². The standard InChI is InChI=1S/C16H18ClN5O3S/c17-10-1-3-12(4-2-10)25-5-6-26-16-21-13-14(18)19-9-20-15(13)22(16)7-11(24)8-23/h1-4,9,11,23-24H,5-8H2,(H2,18,19,20). The van der Waals surface area contributed by atoms with Crippen LogP contribution in [0.1, 0.15) is 0 Å². The van der Waals surface area contributed by atoms with Gasteiger partial charge < -0.3 is 25.3 Å². The second-order valence-electron chi connectivity index (χ2n) is 5.42. The molecule has 2 aromatic heterocycles. The summed E-state index contributed by atoms with van der Waals surface area (Å²) in [5.74, 6) is 1.62. The average Bonchev–Trinajstić information content (AvgIpc) is 2.99. The Balaban J connectivity index is 1.70. The molecule has 1 aromatic carbocycles. The molecular weight excluding hydrogens is 378 g/mol. The van der Waals surface area contributed by atoms with Gasteiger partial charge in [-0.15, -0.1) is 0 Å². The molecule has 0 amide bonds. The molecule has 0 radical (unpaired) electrons. The molecule has 0 fully saturated rings. The maximum atomic E-state index is 9.81. The van der Waals surface area contributed by atoms with Crippen LogP contribution in [0.5, 0.6) is 5.75 Å². The lowest BCUT2D eigenvalue weighted by molar-refractivity contribution is 0.0801. The highest BCUT2D eigenvalue weighted by molar-refractivity contribution is 7.99.